The highest BCUT2D eigenvalue weighted by atomic mass is 31.2. The van der Waals surface area contributed by atoms with Crippen molar-refractivity contribution in [2.75, 3.05) is 44.5 Å². The van der Waals surface area contributed by atoms with Gasteiger partial charge in [-0.15, -0.1) is 0 Å². The Balaban J connectivity index is 5.17. The third kappa shape index (κ3) is 7.41. The van der Waals surface area contributed by atoms with Crippen molar-refractivity contribution < 1.29 is 15.3 Å². The summed E-state index contributed by atoms with van der Waals surface area (Å²) < 4.78 is 0. The molecule has 0 aliphatic carbocycles. The van der Waals surface area contributed by atoms with Crippen LogP contribution in [0.25, 0.3) is 0 Å². The fourth-order valence-corrected chi connectivity index (χ4v) is 8.89. The van der Waals surface area contributed by atoms with E-state index in [0.717, 1.165) is 6.16 Å². The van der Waals surface area contributed by atoms with Crippen LogP contribution in [0.15, 0.2) is 0 Å². The van der Waals surface area contributed by atoms with Crippen LogP contribution < -0.4 is 0 Å². The van der Waals surface area contributed by atoms with Crippen molar-refractivity contribution in [1.82, 2.24) is 0 Å². The zero-order valence-electron chi connectivity index (χ0n) is 14.5. The maximum atomic E-state index is 9.71. The summed E-state index contributed by atoms with van der Waals surface area (Å²) in [6.45, 7) is 6.37. The molecule has 0 aliphatic heterocycles. The van der Waals surface area contributed by atoms with Crippen molar-refractivity contribution >= 4 is 7.26 Å². The van der Waals surface area contributed by atoms with Crippen molar-refractivity contribution in [3.05, 3.63) is 0 Å². The lowest BCUT2D eigenvalue weighted by molar-refractivity contribution is 0.0224. The fraction of sp³-hybridized carbons (Fsp3) is 1.00. The summed E-state index contributed by atoms with van der Waals surface area (Å²) in [5.41, 5.74) is -0.678. The Kier molecular flexibility index (Phi) is 12.0. The van der Waals surface area contributed by atoms with Crippen molar-refractivity contribution in [3.63, 3.8) is 0 Å². The zero-order valence-corrected chi connectivity index (χ0v) is 15.4. The molecule has 0 aromatic carbocycles. The fourth-order valence-electron chi connectivity index (χ4n) is 3.06. The Morgan fingerprint density at radius 2 is 1.00 bits per heavy atom. The van der Waals surface area contributed by atoms with Gasteiger partial charge in [0, 0.05) is 7.26 Å². The van der Waals surface area contributed by atoms with Crippen LogP contribution in [0.2, 0.25) is 0 Å². The monoisotopic (exact) mass is 321 g/mol. The normalized spacial score (nSPS) is 12.9. The minimum atomic E-state index is -1.20. The Morgan fingerprint density at radius 1 is 0.667 bits per heavy atom. The second-order valence-corrected chi connectivity index (χ2v) is 11.0. The Hall–Kier alpha value is 0.310. The van der Waals surface area contributed by atoms with E-state index < -0.39 is 12.7 Å². The number of hydrogen-bond donors (Lipinski definition) is 3. The molecule has 0 saturated carbocycles. The lowest BCUT2D eigenvalue weighted by atomic mass is 9.94. The molecular weight excluding hydrogens is 283 g/mol. The van der Waals surface area contributed by atoms with E-state index >= 15 is 0 Å². The van der Waals surface area contributed by atoms with E-state index in [1.165, 1.54) is 57.0 Å². The second-order valence-electron chi connectivity index (χ2n) is 6.71. The molecule has 3 N–H and O–H groups in total. The molecule has 0 radical (unpaired) electrons. The Morgan fingerprint density at radius 3 is 1.24 bits per heavy atom. The van der Waals surface area contributed by atoms with E-state index in [4.69, 9.17) is 0 Å². The molecule has 0 aliphatic rings. The van der Waals surface area contributed by atoms with Crippen molar-refractivity contribution in [2.45, 2.75) is 59.3 Å². The van der Waals surface area contributed by atoms with Crippen LogP contribution in [0.3, 0.4) is 0 Å². The molecule has 0 atom stereocenters. The molecule has 0 saturated heterocycles. The van der Waals surface area contributed by atoms with Crippen LogP contribution in [0, 0.1) is 5.41 Å². The van der Waals surface area contributed by atoms with E-state index in [1.54, 1.807) is 0 Å². The molecule has 0 aromatic rings. The Bertz CT molecular complexity index is 212. The maximum absolute atomic E-state index is 9.71. The van der Waals surface area contributed by atoms with Gasteiger partial charge in [-0.2, -0.15) is 0 Å². The van der Waals surface area contributed by atoms with E-state index in [1.807, 2.05) is 0 Å². The smallest absolute Gasteiger partial charge is 0.0730 e. The molecule has 0 fully saturated rings. The van der Waals surface area contributed by atoms with Crippen LogP contribution >= 0.6 is 7.26 Å². The molecule has 0 spiro atoms. The predicted octanol–water partition coefficient (Wildman–Crippen LogP) is 3.37. The highest BCUT2D eigenvalue weighted by Gasteiger charge is 2.44. The van der Waals surface area contributed by atoms with E-state index in [2.05, 4.69) is 20.8 Å². The molecule has 3 nitrogen and oxygen atoms in total. The Labute approximate surface area is 132 Å². The van der Waals surface area contributed by atoms with Crippen LogP contribution in [0.1, 0.15) is 59.3 Å². The molecule has 128 valence electrons. The van der Waals surface area contributed by atoms with Gasteiger partial charge in [0.15, 0.2) is 0 Å². The lowest BCUT2D eigenvalue weighted by Gasteiger charge is -2.36. The minimum absolute atomic E-state index is 0.105. The summed E-state index contributed by atoms with van der Waals surface area (Å²) >= 11 is 0. The number of rotatable bonds is 14. The van der Waals surface area contributed by atoms with E-state index in [-0.39, 0.29) is 19.8 Å². The van der Waals surface area contributed by atoms with Gasteiger partial charge in [0.2, 0.25) is 0 Å². The molecule has 4 heteroatoms. The molecular formula is C17H38O3P+. The predicted molar refractivity (Wildman–Crippen MR) is 94.8 cm³/mol. The molecule has 0 heterocycles. The maximum Gasteiger partial charge on any atom is 0.0730 e. The van der Waals surface area contributed by atoms with Gasteiger partial charge in [0.1, 0.15) is 0 Å². The van der Waals surface area contributed by atoms with Gasteiger partial charge in [0.25, 0.3) is 0 Å². The largest absolute Gasteiger partial charge is 0.395 e. The highest BCUT2D eigenvalue weighted by molar-refractivity contribution is 7.75. The number of aliphatic hydroxyl groups is 3. The van der Waals surface area contributed by atoms with Gasteiger partial charge in [-0.25, -0.2) is 0 Å². The van der Waals surface area contributed by atoms with Crippen LogP contribution in [-0.4, -0.2) is 59.8 Å². The molecule has 0 rings (SSSR count). The van der Waals surface area contributed by atoms with Gasteiger partial charge in [-0.05, 0) is 19.3 Å². The van der Waals surface area contributed by atoms with Gasteiger partial charge >= 0.3 is 0 Å². The topological polar surface area (TPSA) is 60.7 Å². The van der Waals surface area contributed by atoms with E-state index in [9.17, 15) is 15.3 Å². The summed E-state index contributed by atoms with van der Waals surface area (Å²) in [4.78, 5) is 0. The number of unbranched alkanes of at least 4 members (excludes halogenated alkanes) is 3. The molecule has 0 bridgehead atoms. The third-order valence-electron chi connectivity index (χ3n) is 4.64. The van der Waals surface area contributed by atoms with Gasteiger partial charge in [0.05, 0.1) is 49.9 Å². The summed E-state index contributed by atoms with van der Waals surface area (Å²) in [5.74, 6) is 0. The van der Waals surface area contributed by atoms with Crippen molar-refractivity contribution in [2.24, 2.45) is 5.41 Å². The van der Waals surface area contributed by atoms with E-state index in [0.29, 0.717) is 0 Å². The summed E-state index contributed by atoms with van der Waals surface area (Å²) in [5, 5.41) is 29.1. The summed E-state index contributed by atoms with van der Waals surface area (Å²) in [6.07, 6.45) is 11.9. The van der Waals surface area contributed by atoms with Crippen molar-refractivity contribution in [1.29, 1.82) is 0 Å². The standard InChI is InChI=1S/C17H38O3P/c1-4-7-10-21(11-8-5-2,12-9-6-3)16-17(13-18,14-19)15-20/h18-20H,4-16H2,1-3H3/q+1. The first kappa shape index (κ1) is 21.3. The average molecular weight is 321 g/mol. The lowest BCUT2D eigenvalue weighted by Crippen LogP contribution is -2.40. The molecule has 0 amide bonds. The van der Waals surface area contributed by atoms with Crippen LogP contribution in [-0.2, 0) is 0 Å². The number of hydrogen-bond acceptors (Lipinski definition) is 3. The molecule has 21 heavy (non-hydrogen) atoms. The molecule has 0 unspecified atom stereocenters. The van der Waals surface area contributed by atoms with Crippen molar-refractivity contribution in [3.8, 4) is 0 Å². The average Bonchev–Trinajstić information content (AvgIpc) is 2.54. The SMILES string of the molecule is CCCC[P+](CCCC)(CCCC)CC(CO)(CO)CO. The van der Waals surface area contributed by atoms with Crippen LogP contribution in [0.5, 0.6) is 0 Å². The summed E-state index contributed by atoms with van der Waals surface area (Å²) in [6, 6.07) is 0. The van der Waals surface area contributed by atoms with Crippen LogP contribution in [0.4, 0.5) is 0 Å². The first-order chi connectivity index (χ1) is 10.1. The van der Waals surface area contributed by atoms with Gasteiger partial charge in [-0.3, -0.25) is 0 Å². The third-order valence-corrected chi connectivity index (χ3v) is 9.77. The summed E-state index contributed by atoms with van der Waals surface area (Å²) in [7, 11) is -1.20. The second kappa shape index (κ2) is 11.8. The highest BCUT2D eigenvalue weighted by Crippen LogP contribution is 2.63. The molecule has 0 aromatic heterocycles. The van der Waals surface area contributed by atoms with Gasteiger partial charge in [-0.1, -0.05) is 40.0 Å². The first-order valence-electron chi connectivity index (χ1n) is 8.75. The zero-order chi connectivity index (χ0) is 16.2. The first-order valence-corrected chi connectivity index (χ1v) is 11.3. The quantitative estimate of drug-likeness (QED) is 0.430. The number of aliphatic hydroxyl groups excluding tert-OH is 3. The van der Waals surface area contributed by atoms with Gasteiger partial charge < -0.3 is 15.3 Å². The minimum Gasteiger partial charge on any atom is -0.395 e.